The molecule has 0 aromatic heterocycles. The summed E-state index contributed by atoms with van der Waals surface area (Å²) in [5.41, 5.74) is 2.15. The number of nitrogens with one attached hydrogen (secondary N) is 1. The van der Waals surface area contributed by atoms with E-state index >= 15 is 0 Å². The number of hydrogen-bond donors (Lipinski definition) is 1. The summed E-state index contributed by atoms with van der Waals surface area (Å²) in [5.74, 6) is -0.811. The Morgan fingerprint density at radius 1 is 1.27 bits per heavy atom. The van der Waals surface area contributed by atoms with Crippen molar-refractivity contribution in [3.8, 4) is 6.07 Å². The van der Waals surface area contributed by atoms with Crippen LogP contribution >= 0.6 is 11.6 Å². The summed E-state index contributed by atoms with van der Waals surface area (Å²) in [6.45, 7) is 0. The highest BCUT2D eigenvalue weighted by atomic mass is 35.5. The first-order valence-corrected chi connectivity index (χ1v) is 6.86. The first-order chi connectivity index (χ1) is 10.6. The molecule has 0 aliphatic heterocycles. The molecule has 0 radical (unpaired) electrons. The Labute approximate surface area is 132 Å². The van der Waals surface area contributed by atoms with E-state index in [0.717, 1.165) is 5.56 Å². The second kappa shape index (κ2) is 7.39. The van der Waals surface area contributed by atoms with E-state index in [0.29, 0.717) is 17.7 Å². The molecule has 0 aliphatic rings. The van der Waals surface area contributed by atoms with Crippen molar-refractivity contribution in [3.63, 3.8) is 0 Å². The van der Waals surface area contributed by atoms with Crippen molar-refractivity contribution in [2.45, 2.75) is 6.42 Å². The summed E-state index contributed by atoms with van der Waals surface area (Å²) in [5, 5.41) is 11.3. The van der Waals surface area contributed by atoms with Crippen LogP contribution in [0.1, 0.15) is 11.1 Å². The lowest BCUT2D eigenvalue weighted by Gasteiger charge is -2.03. The smallest absolute Gasteiger partial charge is 0.248 e. The van der Waals surface area contributed by atoms with Crippen LogP contribution in [0.25, 0.3) is 6.08 Å². The van der Waals surface area contributed by atoms with Gasteiger partial charge in [-0.15, -0.1) is 0 Å². The van der Waals surface area contributed by atoms with Gasteiger partial charge in [-0.05, 0) is 41.5 Å². The minimum Gasteiger partial charge on any atom is -0.323 e. The Hall–Kier alpha value is -2.64. The number of carbonyl (C=O) groups is 1. The number of anilines is 1. The van der Waals surface area contributed by atoms with Crippen LogP contribution < -0.4 is 5.32 Å². The van der Waals surface area contributed by atoms with Crippen LogP contribution in [0.2, 0.25) is 5.02 Å². The summed E-state index contributed by atoms with van der Waals surface area (Å²) in [6.07, 6.45) is 3.22. The molecule has 2 aromatic rings. The molecule has 0 bridgehead atoms. The molecule has 0 unspecified atom stereocenters. The Balaban J connectivity index is 1.98. The molecule has 0 saturated carbocycles. The summed E-state index contributed by atoms with van der Waals surface area (Å²) in [4.78, 5) is 11.8. The maximum Gasteiger partial charge on any atom is 0.248 e. The Kier molecular flexibility index (Phi) is 5.29. The van der Waals surface area contributed by atoms with Gasteiger partial charge in [0.2, 0.25) is 5.91 Å². The van der Waals surface area contributed by atoms with Gasteiger partial charge in [0, 0.05) is 11.8 Å². The molecule has 0 fully saturated rings. The fourth-order valence-corrected chi connectivity index (χ4v) is 1.96. The summed E-state index contributed by atoms with van der Waals surface area (Å²) in [7, 11) is 0. The van der Waals surface area contributed by atoms with Crippen molar-refractivity contribution in [3.05, 3.63) is 70.5 Å². The highest BCUT2D eigenvalue weighted by molar-refractivity contribution is 6.30. The molecule has 0 saturated heterocycles. The second-order valence-corrected chi connectivity index (χ2v) is 4.94. The van der Waals surface area contributed by atoms with E-state index in [1.165, 1.54) is 24.3 Å². The predicted molar refractivity (Wildman–Crippen MR) is 84.8 cm³/mol. The molecule has 1 amide bonds. The Morgan fingerprint density at radius 3 is 2.64 bits per heavy atom. The van der Waals surface area contributed by atoms with Gasteiger partial charge in [-0.2, -0.15) is 5.26 Å². The fraction of sp³-hybridized carbons (Fsp3) is 0.0588. The van der Waals surface area contributed by atoms with Gasteiger partial charge in [-0.25, -0.2) is 4.39 Å². The number of halogens is 2. The first kappa shape index (κ1) is 15.7. The normalized spacial score (nSPS) is 10.4. The van der Waals surface area contributed by atoms with Gasteiger partial charge in [0.05, 0.1) is 17.5 Å². The van der Waals surface area contributed by atoms with Crippen LogP contribution in [0, 0.1) is 17.1 Å². The standard InChI is InChI=1S/C17H12ClFN2O/c18-15-11-13(3-7-16(15)19)4-8-17(22)21-14-5-1-12(2-6-14)9-10-20/h1-8,11H,9H2,(H,21,22)/b8-4+. The molecule has 0 atom stereocenters. The van der Waals surface area contributed by atoms with E-state index < -0.39 is 5.82 Å². The van der Waals surface area contributed by atoms with Crippen LogP contribution in [0.5, 0.6) is 0 Å². The molecule has 0 aliphatic carbocycles. The van der Waals surface area contributed by atoms with Gasteiger partial charge in [0.15, 0.2) is 0 Å². The Morgan fingerprint density at radius 2 is 2.00 bits per heavy atom. The molecule has 2 aromatic carbocycles. The molecular formula is C17H12ClFN2O. The molecule has 3 nitrogen and oxygen atoms in total. The van der Waals surface area contributed by atoms with E-state index in [4.69, 9.17) is 16.9 Å². The summed E-state index contributed by atoms with van der Waals surface area (Å²) >= 11 is 5.67. The number of nitriles is 1. The molecular weight excluding hydrogens is 303 g/mol. The lowest BCUT2D eigenvalue weighted by molar-refractivity contribution is -0.111. The number of amides is 1. The maximum atomic E-state index is 13.0. The highest BCUT2D eigenvalue weighted by Gasteiger charge is 2.01. The summed E-state index contributed by atoms with van der Waals surface area (Å²) in [6, 6.07) is 13.3. The number of rotatable bonds is 4. The van der Waals surface area contributed by atoms with Gasteiger partial charge in [0.1, 0.15) is 5.82 Å². The van der Waals surface area contributed by atoms with Crippen molar-refractivity contribution in [1.29, 1.82) is 5.26 Å². The van der Waals surface area contributed by atoms with E-state index in [-0.39, 0.29) is 10.9 Å². The van der Waals surface area contributed by atoms with E-state index in [2.05, 4.69) is 11.4 Å². The lowest BCUT2D eigenvalue weighted by atomic mass is 10.1. The minimum absolute atomic E-state index is 0.00985. The van der Waals surface area contributed by atoms with Gasteiger partial charge in [-0.3, -0.25) is 4.79 Å². The number of nitrogens with zero attached hydrogens (tertiary/aromatic N) is 1. The van der Waals surface area contributed by atoms with Crippen LogP contribution in [0.4, 0.5) is 10.1 Å². The van der Waals surface area contributed by atoms with Crippen LogP contribution in [0.15, 0.2) is 48.5 Å². The second-order valence-electron chi connectivity index (χ2n) is 4.53. The third-order valence-electron chi connectivity index (χ3n) is 2.88. The largest absolute Gasteiger partial charge is 0.323 e. The molecule has 5 heteroatoms. The molecule has 0 spiro atoms. The van der Waals surface area contributed by atoms with Gasteiger partial charge in [-0.1, -0.05) is 29.8 Å². The SMILES string of the molecule is N#CCc1ccc(NC(=O)/C=C/c2ccc(F)c(Cl)c2)cc1. The molecule has 1 N–H and O–H groups in total. The van der Waals surface area contributed by atoms with E-state index in [9.17, 15) is 9.18 Å². The van der Waals surface area contributed by atoms with Crippen molar-refractivity contribution < 1.29 is 9.18 Å². The first-order valence-electron chi connectivity index (χ1n) is 6.48. The number of hydrogen-bond acceptors (Lipinski definition) is 2. The van der Waals surface area contributed by atoms with E-state index in [1.54, 1.807) is 30.3 Å². The van der Waals surface area contributed by atoms with Crippen molar-refractivity contribution in [2.75, 3.05) is 5.32 Å². The number of carbonyl (C=O) groups excluding carboxylic acids is 1. The Bertz CT molecular complexity index is 748. The third-order valence-corrected chi connectivity index (χ3v) is 3.17. The third kappa shape index (κ3) is 4.44. The molecule has 0 heterocycles. The minimum atomic E-state index is -0.499. The van der Waals surface area contributed by atoms with Crippen LogP contribution in [-0.4, -0.2) is 5.91 Å². The van der Waals surface area contributed by atoms with Gasteiger partial charge >= 0.3 is 0 Å². The lowest BCUT2D eigenvalue weighted by Crippen LogP contribution is -2.07. The molecule has 2 rings (SSSR count). The van der Waals surface area contributed by atoms with Crippen LogP contribution in [-0.2, 0) is 11.2 Å². The fourth-order valence-electron chi connectivity index (χ4n) is 1.77. The average Bonchev–Trinajstić information content (AvgIpc) is 2.51. The maximum absolute atomic E-state index is 13.0. The predicted octanol–water partition coefficient (Wildman–Crippen LogP) is 4.20. The van der Waals surface area contributed by atoms with E-state index in [1.807, 2.05) is 0 Å². The van der Waals surface area contributed by atoms with Gasteiger partial charge in [0.25, 0.3) is 0 Å². The van der Waals surface area contributed by atoms with Crippen molar-refractivity contribution >= 4 is 29.3 Å². The topological polar surface area (TPSA) is 52.9 Å². The monoisotopic (exact) mass is 314 g/mol. The van der Waals surface area contributed by atoms with Gasteiger partial charge < -0.3 is 5.32 Å². The van der Waals surface area contributed by atoms with Crippen molar-refractivity contribution in [2.24, 2.45) is 0 Å². The van der Waals surface area contributed by atoms with Crippen LogP contribution in [0.3, 0.4) is 0 Å². The number of benzene rings is 2. The quantitative estimate of drug-likeness (QED) is 0.860. The molecule has 110 valence electrons. The zero-order valence-corrected chi connectivity index (χ0v) is 12.3. The summed E-state index contributed by atoms with van der Waals surface area (Å²) < 4.78 is 13.0. The van der Waals surface area contributed by atoms with Crippen molar-refractivity contribution in [1.82, 2.24) is 0 Å². The molecule has 22 heavy (non-hydrogen) atoms. The zero-order valence-electron chi connectivity index (χ0n) is 11.5. The average molecular weight is 315 g/mol. The zero-order chi connectivity index (χ0) is 15.9. The highest BCUT2D eigenvalue weighted by Crippen LogP contribution is 2.17.